The first-order valence-corrected chi connectivity index (χ1v) is 3.95. The summed E-state index contributed by atoms with van der Waals surface area (Å²) in [7, 11) is 0. The number of nitriles is 1. The first-order chi connectivity index (χ1) is 6.65. The monoisotopic (exact) mass is 196 g/mol. The molecule has 2 rings (SSSR count). The summed E-state index contributed by atoms with van der Waals surface area (Å²) in [6.07, 6.45) is 0. The Bertz CT molecular complexity index is 439. The maximum atomic E-state index is 13.5. The molecule has 0 radical (unpaired) electrons. The number of fused-ring (bicyclic) bond motifs is 1. The summed E-state index contributed by atoms with van der Waals surface area (Å²) in [5, 5.41) is 8.52. The molecule has 5 heteroatoms. The van der Waals surface area contributed by atoms with Crippen molar-refractivity contribution in [3.05, 3.63) is 28.8 Å². The van der Waals surface area contributed by atoms with Crippen molar-refractivity contribution in [3.8, 4) is 11.8 Å². The van der Waals surface area contributed by atoms with Crippen molar-refractivity contribution in [1.82, 2.24) is 0 Å². The molecule has 0 unspecified atom stereocenters. The van der Waals surface area contributed by atoms with E-state index >= 15 is 0 Å². The summed E-state index contributed by atoms with van der Waals surface area (Å²) in [5.41, 5.74) is 5.11. The first kappa shape index (κ1) is 8.91. The third-order valence-electron chi connectivity index (χ3n) is 2.10. The van der Waals surface area contributed by atoms with E-state index in [1.807, 2.05) is 0 Å². The second-order valence-corrected chi connectivity index (χ2v) is 2.99. The van der Waals surface area contributed by atoms with E-state index in [0.29, 0.717) is 0 Å². The maximum absolute atomic E-state index is 13.5. The predicted octanol–water partition coefficient (Wildman–Crippen LogP) is 1.23. The molecule has 1 aliphatic heterocycles. The van der Waals surface area contributed by atoms with Crippen LogP contribution in [0.25, 0.3) is 0 Å². The van der Waals surface area contributed by atoms with Crippen molar-refractivity contribution in [3.63, 3.8) is 0 Å². The fraction of sp³-hybridized carbons (Fsp3) is 0.222. The van der Waals surface area contributed by atoms with Crippen LogP contribution >= 0.6 is 0 Å². The van der Waals surface area contributed by atoms with Gasteiger partial charge in [-0.2, -0.15) is 5.26 Å². The van der Waals surface area contributed by atoms with Crippen LogP contribution in [0.15, 0.2) is 6.07 Å². The Morgan fingerprint density at radius 1 is 1.57 bits per heavy atom. The highest BCUT2D eigenvalue weighted by molar-refractivity contribution is 5.48. The number of nitrogens with zero attached hydrogens (tertiary/aromatic N) is 1. The summed E-state index contributed by atoms with van der Waals surface area (Å²) in [4.78, 5) is 0. The molecule has 2 N–H and O–H groups in total. The fourth-order valence-electron chi connectivity index (χ4n) is 1.44. The average Bonchev–Trinajstić information content (AvgIpc) is 2.54. The molecular formula is C9H6F2N2O. The minimum absolute atomic E-state index is 0.0397. The van der Waals surface area contributed by atoms with Gasteiger partial charge in [-0.05, 0) is 6.07 Å². The molecule has 0 bridgehead atoms. The molecule has 0 saturated carbocycles. The zero-order valence-corrected chi connectivity index (χ0v) is 7.05. The molecule has 0 spiro atoms. The number of hydrogen-bond donors (Lipinski definition) is 1. The quantitative estimate of drug-likeness (QED) is 0.678. The topological polar surface area (TPSA) is 59.0 Å². The number of nitrogens with two attached hydrogens (primary N) is 1. The fourth-order valence-corrected chi connectivity index (χ4v) is 1.44. The van der Waals surface area contributed by atoms with Crippen LogP contribution in [0.3, 0.4) is 0 Å². The van der Waals surface area contributed by atoms with E-state index in [1.54, 1.807) is 6.07 Å². The third kappa shape index (κ3) is 1.05. The number of halogens is 2. The normalized spacial score (nSPS) is 18.6. The number of ether oxygens (including phenoxy) is 1. The van der Waals surface area contributed by atoms with Crippen LogP contribution in [0.2, 0.25) is 0 Å². The molecule has 0 amide bonds. The van der Waals surface area contributed by atoms with Crippen LogP contribution in [0, 0.1) is 23.0 Å². The van der Waals surface area contributed by atoms with E-state index in [1.165, 1.54) is 0 Å². The van der Waals surface area contributed by atoms with Gasteiger partial charge in [0.2, 0.25) is 0 Å². The second-order valence-electron chi connectivity index (χ2n) is 2.99. The Kier molecular flexibility index (Phi) is 1.86. The SMILES string of the molecule is N#Cc1cc(F)c2c(c1F)[C@H](N)CO2. The van der Waals surface area contributed by atoms with Crippen molar-refractivity contribution in [2.24, 2.45) is 5.73 Å². The smallest absolute Gasteiger partial charge is 0.166 e. The summed E-state index contributed by atoms with van der Waals surface area (Å²) < 4.78 is 31.5. The number of hydrogen-bond acceptors (Lipinski definition) is 3. The first-order valence-electron chi connectivity index (χ1n) is 3.95. The van der Waals surface area contributed by atoms with Gasteiger partial charge in [0, 0.05) is 0 Å². The second kappa shape index (κ2) is 2.93. The van der Waals surface area contributed by atoms with Crippen molar-refractivity contribution < 1.29 is 13.5 Å². The van der Waals surface area contributed by atoms with Gasteiger partial charge >= 0.3 is 0 Å². The van der Waals surface area contributed by atoms with Gasteiger partial charge in [0.15, 0.2) is 11.6 Å². The van der Waals surface area contributed by atoms with Crippen molar-refractivity contribution >= 4 is 0 Å². The largest absolute Gasteiger partial charge is 0.488 e. The van der Waals surface area contributed by atoms with Gasteiger partial charge in [0.25, 0.3) is 0 Å². The maximum Gasteiger partial charge on any atom is 0.166 e. The van der Waals surface area contributed by atoms with Crippen LogP contribution in [-0.4, -0.2) is 6.61 Å². The van der Waals surface area contributed by atoms with E-state index in [4.69, 9.17) is 15.7 Å². The minimum atomic E-state index is -0.783. The molecule has 0 fully saturated rings. The lowest BCUT2D eigenvalue weighted by molar-refractivity contribution is 0.319. The van der Waals surface area contributed by atoms with Gasteiger partial charge in [0.05, 0.1) is 17.2 Å². The molecule has 3 nitrogen and oxygen atoms in total. The lowest BCUT2D eigenvalue weighted by atomic mass is 10.0. The molecule has 1 aliphatic rings. The lowest BCUT2D eigenvalue weighted by Gasteiger charge is -2.04. The van der Waals surface area contributed by atoms with Crippen LogP contribution < -0.4 is 10.5 Å². The Morgan fingerprint density at radius 2 is 2.29 bits per heavy atom. The minimum Gasteiger partial charge on any atom is -0.488 e. The van der Waals surface area contributed by atoms with Gasteiger partial charge in [0.1, 0.15) is 18.5 Å². The van der Waals surface area contributed by atoms with Crippen LogP contribution in [0.1, 0.15) is 17.2 Å². The lowest BCUT2D eigenvalue weighted by Crippen LogP contribution is -2.12. The van der Waals surface area contributed by atoms with E-state index in [0.717, 1.165) is 6.07 Å². The van der Waals surface area contributed by atoms with Crippen molar-refractivity contribution in [1.29, 1.82) is 5.26 Å². The Labute approximate surface area is 78.7 Å². The van der Waals surface area contributed by atoms with E-state index in [-0.39, 0.29) is 23.5 Å². The van der Waals surface area contributed by atoms with Crippen molar-refractivity contribution in [2.45, 2.75) is 6.04 Å². The standard InChI is InChI=1S/C9H6F2N2O/c10-5-1-4(2-12)8(11)7-6(13)3-14-9(5)7/h1,6H,3,13H2/t6-/m1/s1. The molecule has 0 aliphatic carbocycles. The molecule has 14 heavy (non-hydrogen) atoms. The summed E-state index contributed by atoms with van der Waals surface area (Å²) in [5.74, 6) is -1.70. The average molecular weight is 196 g/mol. The van der Waals surface area contributed by atoms with Crippen LogP contribution in [-0.2, 0) is 0 Å². The third-order valence-corrected chi connectivity index (χ3v) is 2.10. The molecule has 1 aromatic rings. The number of benzene rings is 1. The van der Waals surface area contributed by atoms with Gasteiger partial charge in [-0.15, -0.1) is 0 Å². The molecule has 1 atom stereocenters. The molecule has 1 heterocycles. The predicted molar refractivity (Wildman–Crippen MR) is 43.5 cm³/mol. The van der Waals surface area contributed by atoms with Gasteiger partial charge < -0.3 is 10.5 Å². The van der Waals surface area contributed by atoms with Crippen LogP contribution in [0.4, 0.5) is 8.78 Å². The van der Waals surface area contributed by atoms with Crippen molar-refractivity contribution in [2.75, 3.05) is 6.61 Å². The van der Waals surface area contributed by atoms with Gasteiger partial charge in [-0.3, -0.25) is 0 Å². The molecule has 1 aromatic carbocycles. The van der Waals surface area contributed by atoms with E-state index < -0.39 is 17.7 Å². The van der Waals surface area contributed by atoms with Gasteiger partial charge in [-0.1, -0.05) is 0 Å². The summed E-state index contributed by atoms with van der Waals surface area (Å²) in [6.45, 7) is 0.0397. The summed E-state index contributed by atoms with van der Waals surface area (Å²) >= 11 is 0. The Hall–Kier alpha value is -1.67. The van der Waals surface area contributed by atoms with E-state index in [2.05, 4.69) is 0 Å². The molecule has 0 aromatic heterocycles. The Morgan fingerprint density at radius 3 is 2.93 bits per heavy atom. The van der Waals surface area contributed by atoms with Crippen LogP contribution in [0.5, 0.6) is 5.75 Å². The summed E-state index contributed by atoms with van der Waals surface area (Å²) in [6, 6.07) is 1.67. The Balaban J connectivity index is 2.73. The molecule has 0 saturated heterocycles. The zero-order chi connectivity index (χ0) is 10.3. The number of rotatable bonds is 0. The van der Waals surface area contributed by atoms with Gasteiger partial charge in [-0.25, -0.2) is 8.78 Å². The zero-order valence-electron chi connectivity index (χ0n) is 7.05. The highest BCUT2D eigenvalue weighted by atomic mass is 19.1. The van der Waals surface area contributed by atoms with E-state index in [9.17, 15) is 8.78 Å². The highest BCUT2D eigenvalue weighted by Gasteiger charge is 2.30. The molecule has 72 valence electrons. The highest BCUT2D eigenvalue weighted by Crippen LogP contribution is 2.36. The molecular weight excluding hydrogens is 190 g/mol.